The molecule has 0 bridgehead atoms. The number of aromatic nitrogens is 2. The minimum Gasteiger partial charge on any atom is -0.272 e. The van der Waals surface area contributed by atoms with Crippen molar-refractivity contribution in [3.05, 3.63) is 18.0 Å². The Bertz CT molecular complexity index is 321. The van der Waals surface area contributed by atoms with Crippen LogP contribution in [-0.2, 0) is 6.54 Å². The summed E-state index contributed by atoms with van der Waals surface area (Å²) >= 11 is 0. The second-order valence-electron chi connectivity index (χ2n) is 4.99. The normalized spacial score (nSPS) is 14.7. The molecule has 2 atom stereocenters. The summed E-state index contributed by atoms with van der Waals surface area (Å²) in [5.41, 5.74) is 4.20. The van der Waals surface area contributed by atoms with Gasteiger partial charge in [0, 0.05) is 18.3 Å². The van der Waals surface area contributed by atoms with E-state index in [0.717, 1.165) is 19.4 Å². The Morgan fingerprint density at radius 2 is 2.11 bits per heavy atom. The summed E-state index contributed by atoms with van der Waals surface area (Å²) in [6.07, 6.45) is 10.1. The molecule has 0 spiro atoms. The molecule has 4 heteroatoms. The molecule has 1 rings (SSSR count). The van der Waals surface area contributed by atoms with Gasteiger partial charge in [0.05, 0.1) is 12.2 Å². The molecule has 0 amide bonds. The Morgan fingerprint density at radius 3 is 2.67 bits per heavy atom. The average Bonchev–Trinajstić information content (AvgIpc) is 2.83. The van der Waals surface area contributed by atoms with E-state index in [0.29, 0.717) is 5.92 Å². The summed E-state index contributed by atoms with van der Waals surface area (Å²) in [7, 11) is 0. The molecular formula is C14H28N4. The average molecular weight is 252 g/mol. The van der Waals surface area contributed by atoms with Gasteiger partial charge in [0.2, 0.25) is 0 Å². The van der Waals surface area contributed by atoms with Crippen molar-refractivity contribution >= 4 is 0 Å². The van der Waals surface area contributed by atoms with Gasteiger partial charge in [-0.1, -0.05) is 40.0 Å². The topological polar surface area (TPSA) is 55.9 Å². The SMILES string of the molecule is CCCCC(CC)C(NN)c1cnn(CCC)c1. The molecule has 3 N–H and O–H groups in total. The maximum atomic E-state index is 5.75. The van der Waals surface area contributed by atoms with Crippen LogP contribution in [0.25, 0.3) is 0 Å². The molecule has 0 saturated heterocycles. The standard InChI is InChI=1S/C14H28N4/c1-4-7-8-12(6-3)14(17-15)13-10-16-18(11-13)9-5-2/h10-12,14,17H,4-9,15H2,1-3H3. The molecule has 1 aromatic heterocycles. The van der Waals surface area contributed by atoms with Gasteiger partial charge in [-0.3, -0.25) is 16.0 Å². The van der Waals surface area contributed by atoms with Gasteiger partial charge in [0.1, 0.15) is 0 Å². The van der Waals surface area contributed by atoms with Crippen LogP contribution >= 0.6 is 0 Å². The van der Waals surface area contributed by atoms with Gasteiger partial charge in [0.15, 0.2) is 0 Å². The van der Waals surface area contributed by atoms with Crippen LogP contribution in [0.4, 0.5) is 0 Å². The predicted octanol–water partition coefficient (Wildman–Crippen LogP) is 3.01. The highest BCUT2D eigenvalue weighted by atomic mass is 15.3. The number of rotatable bonds is 9. The second kappa shape index (κ2) is 8.27. The fourth-order valence-corrected chi connectivity index (χ4v) is 2.47. The third kappa shape index (κ3) is 4.10. The van der Waals surface area contributed by atoms with Gasteiger partial charge in [-0.2, -0.15) is 5.10 Å². The summed E-state index contributed by atoms with van der Waals surface area (Å²) in [6.45, 7) is 7.61. The summed E-state index contributed by atoms with van der Waals surface area (Å²) in [5, 5.41) is 4.39. The lowest BCUT2D eigenvalue weighted by Crippen LogP contribution is -2.33. The monoisotopic (exact) mass is 252 g/mol. The zero-order chi connectivity index (χ0) is 13.4. The number of unbranched alkanes of at least 4 members (excludes halogenated alkanes) is 1. The van der Waals surface area contributed by atoms with E-state index in [2.05, 4.69) is 37.5 Å². The van der Waals surface area contributed by atoms with Crippen LogP contribution in [0.2, 0.25) is 0 Å². The molecule has 0 saturated carbocycles. The Balaban J connectivity index is 2.72. The molecule has 0 aliphatic rings. The van der Waals surface area contributed by atoms with Crippen molar-refractivity contribution < 1.29 is 0 Å². The van der Waals surface area contributed by atoms with Crippen molar-refractivity contribution in [3.63, 3.8) is 0 Å². The van der Waals surface area contributed by atoms with E-state index >= 15 is 0 Å². The van der Waals surface area contributed by atoms with Crippen molar-refractivity contribution in [2.24, 2.45) is 11.8 Å². The highest BCUT2D eigenvalue weighted by Crippen LogP contribution is 2.28. The molecule has 4 nitrogen and oxygen atoms in total. The van der Waals surface area contributed by atoms with E-state index in [9.17, 15) is 0 Å². The summed E-state index contributed by atoms with van der Waals surface area (Å²) in [5.74, 6) is 6.34. The maximum Gasteiger partial charge on any atom is 0.0538 e. The highest BCUT2D eigenvalue weighted by Gasteiger charge is 2.21. The van der Waals surface area contributed by atoms with Crippen molar-refractivity contribution in [2.75, 3.05) is 0 Å². The zero-order valence-corrected chi connectivity index (χ0v) is 12.0. The van der Waals surface area contributed by atoms with Gasteiger partial charge < -0.3 is 0 Å². The lowest BCUT2D eigenvalue weighted by molar-refractivity contribution is 0.326. The fraction of sp³-hybridized carbons (Fsp3) is 0.786. The van der Waals surface area contributed by atoms with E-state index in [-0.39, 0.29) is 6.04 Å². The smallest absolute Gasteiger partial charge is 0.0538 e. The number of nitrogens with two attached hydrogens (primary N) is 1. The quantitative estimate of drug-likeness (QED) is 0.524. The Hall–Kier alpha value is -0.870. The predicted molar refractivity (Wildman–Crippen MR) is 75.9 cm³/mol. The van der Waals surface area contributed by atoms with Crippen LogP contribution in [0.3, 0.4) is 0 Å². The second-order valence-corrected chi connectivity index (χ2v) is 4.99. The molecule has 18 heavy (non-hydrogen) atoms. The van der Waals surface area contributed by atoms with E-state index in [1.165, 1.54) is 24.8 Å². The van der Waals surface area contributed by atoms with E-state index in [4.69, 9.17) is 5.84 Å². The Labute approximate surface area is 111 Å². The first-order valence-electron chi connectivity index (χ1n) is 7.25. The molecule has 0 radical (unpaired) electrons. The van der Waals surface area contributed by atoms with Crippen molar-refractivity contribution in [1.29, 1.82) is 0 Å². The van der Waals surface area contributed by atoms with Crippen LogP contribution in [-0.4, -0.2) is 9.78 Å². The molecule has 1 heterocycles. The molecule has 0 aliphatic heterocycles. The number of hydrogen-bond acceptors (Lipinski definition) is 3. The van der Waals surface area contributed by atoms with Gasteiger partial charge in [0.25, 0.3) is 0 Å². The summed E-state index contributed by atoms with van der Waals surface area (Å²) < 4.78 is 2.01. The lowest BCUT2D eigenvalue weighted by atomic mass is 9.88. The highest BCUT2D eigenvalue weighted by molar-refractivity contribution is 5.11. The van der Waals surface area contributed by atoms with Gasteiger partial charge in [-0.05, 0) is 18.8 Å². The third-order valence-electron chi connectivity index (χ3n) is 3.57. The molecule has 0 aliphatic carbocycles. The largest absolute Gasteiger partial charge is 0.272 e. The molecule has 2 unspecified atom stereocenters. The molecular weight excluding hydrogens is 224 g/mol. The third-order valence-corrected chi connectivity index (χ3v) is 3.57. The van der Waals surface area contributed by atoms with Gasteiger partial charge in [-0.15, -0.1) is 0 Å². The lowest BCUT2D eigenvalue weighted by Gasteiger charge is -2.24. The van der Waals surface area contributed by atoms with Crippen LogP contribution < -0.4 is 11.3 Å². The van der Waals surface area contributed by atoms with Gasteiger partial charge >= 0.3 is 0 Å². The first-order valence-corrected chi connectivity index (χ1v) is 7.25. The number of hydrazine groups is 1. The first-order chi connectivity index (χ1) is 8.76. The summed E-state index contributed by atoms with van der Waals surface area (Å²) in [6, 6.07) is 0.229. The van der Waals surface area contributed by atoms with Crippen LogP contribution in [0.15, 0.2) is 12.4 Å². The molecule has 0 fully saturated rings. The number of hydrogen-bond donors (Lipinski definition) is 2. The van der Waals surface area contributed by atoms with Crippen molar-refractivity contribution in [2.45, 2.75) is 65.5 Å². The van der Waals surface area contributed by atoms with E-state index < -0.39 is 0 Å². The minimum atomic E-state index is 0.229. The number of nitrogens with one attached hydrogen (secondary N) is 1. The minimum absolute atomic E-state index is 0.229. The van der Waals surface area contributed by atoms with Crippen LogP contribution in [0.5, 0.6) is 0 Å². The molecule has 1 aromatic rings. The van der Waals surface area contributed by atoms with Crippen molar-refractivity contribution in [3.8, 4) is 0 Å². The first kappa shape index (κ1) is 15.2. The molecule has 104 valence electrons. The summed E-state index contributed by atoms with van der Waals surface area (Å²) in [4.78, 5) is 0. The van der Waals surface area contributed by atoms with Crippen LogP contribution in [0.1, 0.15) is 64.5 Å². The number of aryl methyl sites for hydroxylation is 1. The van der Waals surface area contributed by atoms with Gasteiger partial charge in [-0.25, -0.2) is 0 Å². The molecule has 0 aromatic carbocycles. The van der Waals surface area contributed by atoms with E-state index in [1.54, 1.807) is 0 Å². The number of nitrogens with zero attached hydrogens (tertiary/aromatic N) is 2. The van der Waals surface area contributed by atoms with Crippen LogP contribution in [0, 0.1) is 5.92 Å². The maximum absolute atomic E-state index is 5.75. The van der Waals surface area contributed by atoms with E-state index in [1.807, 2.05) is 10.9 Å². The fourth-order valence-electron chi connectivity index (χ4n) is 2.47. The van der Waals surface area contributed by atoms with Crippen molar-refractivity contribution in [1.82, 2.24) is 15.2 Å². The Kier molecular flexibility index (Phi) is 6.98. The zero-order valence-electron chi connectivity index (χ0n) is 12.0. The Morgan fingerprint density at radius 1 is 1.33 bits per heavy atom.